The van der Waals surface area contributed by atoms with E-state index >= 15 is 0 Å². The number of ether oxygens (including phenoxy) is 1. The van der Waals surface area contributed by atoms with Crippen LogP contribution in [-0.4, -0.2) is 28.8 Å². The Labute approximate surface area is 132 Å². The molecule has 2 atom stereocenters. The Bertz CT molecular complexity index is 468. The molecule has 1 N–H and O–H groups in total. The number of benzene rings is 1. The van der Waals surface area contributed by atoms with E-state index < -0.39 is 0 Å². The van der Waals surface area contributed by atoms with E-state index in [1.54, 1.807) is 0 Å². The molecule has 2 nitrogen and oxygen atoms in total. The minimum atomic E-state index is -0.348. The Morgan fingerprint density at radius 1 is 1.19 bits per heavy atom. The molecule has 2 heterocycles. The summed E-state index contributed by atoms with van der Waals surface area (Å²) < 4.78 is 6.15. The summed E-state index contributed by atoms with van der Waals surface area (Å²) in [5.74, 6) is 2.74. The molecule has 0 radical (unpaired) electrons. The summed E-state index contributed by atoms with van der Waals surface area (Å²) in [7, 11) is 0. The van der Waals surface area contributed by atoms with Gasteiger partial charge in [0.15, 0.2) is 0 Å². The van der Waals surface area contributed by atoms with Crippen LogP contribution in [0, 0.1) is 19.8 Å². The Morgan fingerprint density at radius 3 is 2.52 bits per heavy atom. The molecule has 3 heteroatoms. The minimum absolute atomic E-state index is 0.0496. The third kappa shape index (κ3) is 3.46. The Kier molecular flexibility index (Phi) is 4.63. The lowest BCUT2D eigenvalue weighted by molar-refractivity contribution is -0.121. The van der Waals surface area contributed by atoms with Crippen molar-refractivity contribution in [1.82, 2.24) is 0 Å². The van der Waals surface area contributed by atoms with Gasteiger partial charge in [-0.25, -0.2) is 0 Å². The highest BCUT2D eigenvalue weighted by atomic mass is 32.2. The van der Waals surface area contributed by atoms with Gasteiger partial charge in [0.05, 0.1) is 11.7 Å². The average Bonchev–Trinajstić information content (AvgIpc) is 2.46. The quantitative estimate of drug-likeness (QED) is 0.894. The fourth-order valence-electron chi connectivity index (χ4n) is 3.88. The second kappa shape index (κ2) is 6.31. The first-order chi connectivity index (χ1) is 10.1. The van der Waals surface area contributed by atoms with Gasteiger partial charge in [0, 0.05) is 6.61 Å². The van der Waals surface area contributed by atoms with Crippen LogP contribution >= 0.6 is 11.8 Å². The topological polar surface area (TPSA) is 29.5 Å². The van der Waals surface area contributed by atoms with E-state index in [0.29, 0.717) is 5.92 Å². The molecular formula is C18H26O2S. The third-order valence-electron chi connectivity index (χ3n) is 4.97. The molecule has 0 bridgehead atoms. The second-order valence-corrected chi connectivity index (χ2v) is 7.99. The molecule has 1 aromatic carbocycles. The Hall–Kier alpha value is -0.510. The lowest BCUT2D eigenvalue weighted by atomic mass is 9.78. The molecule has 3 rings (SSSR count). The van der Waals surface area contributed by atoms with Gasteiger partial charge >= 0.3 is 0 Å². The summed E-state index contributed by atoms with van der Waals surface area (Å²) >= 11 is 2.03. The zero-order valence-corrected chi connectivity index (χ0v) is 13.9. The molecule has 1 aromatic rings. The molecular weight excluding hydrogens is 280 g/mol. The van der Waals surface area contributed by atoms with Crippen molar-refractivity contribution in [1.29, 1.82) is 0 Å². The first-order valence-electron chi connectivity index (χ1n) is 8.06. The van der Waals surface area contributed by atoms with Gasteiger partial charge in [-0.3, -0.25) is 0 Å². The van der Waals surface area contributed by atoms with E-state index in [1.807, 2.05) is 11.8 Å². The van der Waals surface area contributed by atoms with E-state index in [2.05, 4.69) is 32.0 Å². The largest absolute Gasteiger partial charge is 0.388 e. The van der Waals surface area contributed by atoms with Crippen LogP contribution in [0.25, 0.3) is 0 Å². The average molecular weight is 306 g/mol. The fraction of sp³-hybridized carbons (Fsp3) is 0.667. The highest BCUT2D eigenvalue weighted by Crippen LogP contribution is 2.43. The van der Waals surface area contributed by atoms with Crippen molar-refractivity contribution < 1.29 is 9.84 Å². The summed E-state index contributed by atoms with van der Waals surface area (Å²) in [6.07, 6.45) is 3.94. The van der Waals surface area contributed by atoms with Gasteiger partial charge < -0.3 is 9.84 Å². The van der Waals surface area contributed by atoms with Crippen LogP contribution in [0.1, 0.15) is 48.5 Å². The predicted octanol–water partition coefficient (Wildman–Crippen LogP) is 4.03. The van der Waals surface area contributed by atoms with Crippen LogP contribution in [0.5, 0.6) is 0 Å². The Morgan fingerprint density at radius 2 is 1.86 bits per heavy atom. The number of rotatable bonds is 2. The normalized spacial score (nSPS) is 26.7. The number of hydrogen-bond acceptors (Lipinski definition) is 3. The van der Waals surface area contributed by atoms with E-state index in [1.165, 1.54) is 22.6 Å². The van der Waals surface area contributed by atoms with Gasteiger partial charge in [-0.2, -0.15) is 11.8 Å². The first kappa shape index (κ1) is 15.4. The van der Waals surface area contributed by atoms with Gasteiger partial charge in [-0.1, -0.05) is 29.3 Å². The lowest BCUT2D eigenvalue weighted by Gasteiger charge is -2.44. The van der Waals surface area contributed by atoms with E-state index in [0.717, 1.165) is 37.9 Å². The van der Waals surface area contributed by atoms with Gasteiger partial charge in [0.2, 0.25) is 0 Å². The maximum atomic E-state index is 10.8. The van der Waals surface area contributed by atoms with Crippen LogP contribution in [0.4, 0.5) is 0 Å². The van der Waals surface area contributed by atoms with Crippen LogP contribution in [-0.2, 0) is 4.74 Å². The first-order valence-corrected chi connectivity index (χ1v) is 9.21. The lowest BCUT2D eigenvalue weighted by Crippen LogP contribution is -2.44. The molecule has 0 saturated carbocycles. The smallest absolute Gasteiger partial charge is 0.0820 e. The predicted molar refractivity (Wildman–Crippen MR) is 88.8 cm³/mol. The van der Waals surface area contributed by atoms with Gasteiger partial charge in [0.1, 0.15) is 0 Å². The summed E-state index contributed by atoms with van der Waals surface area (Å²) in [5, 5.41) is 10.8. The number of aryl methyl sites for hydroxylation is 2. The maximum absolute atomic E-state index is 10.8. The third-order valence-corrected chi connectivity index (χ3v) is 5.95. The van der Waals surface area contributed by atoms with Crippen molar-refractivity contribution in [2.45, 2.75) is 51.2 Å². The summed E-state index contributed by atoms with van der Waals surface area (Å²) in [6, 6.07) is 6.44. The van der Waals surface area contributed by atoms with Crippen LogP contribution in [0.2, 0.25) is 0 Å². The SMILES string of the molecule is Cc1cc(C)cc(C(O)C2CCOC3(CCSCC3)C2)c1. The molecule has 2 saturated heterocycles. The summed E-state index contributed by atoms with van der Waals surface area (Å²) in [5.41, 5.74) is 3.60. The van der Waals surface area contributed by atoms with Crippen molar-refractivity contribution in [3.05, 3.63) is 34.9 Å². The molecule has 0 amide bonds. The van der Waals surface area contributed by atoms with Crippen molar-refractivity contribution in [2.24, 2.45) is 5.92 Å². The molecule has 21 heavy (non-hydrogen) atoms. The summed E-state index contributed by atoms with van der Waals surface area (Å²) in [4.78, 5) is 0. The van der Waals surface area contributed by atoms with Gasteiger partial charge in [0.25, 0.3) is 0 Å². The molecule has 2 aliphatic heterocycles. The Balaban J connectivity index is 1.76. The van der Waals surface area contributed by atoms with E-state index in [9.17, 15) is 5.11 Å². The fourth-order valence-corrected chi connectivity index (χ4v) is 5.12. The van der Waals surface area contributed by atoms with Crippen LogP contribution in [0.15, 0.2) is 18.2 Å². The molecule has 1 spiro atoms. The summed E-state index contributed by atoms with van der Waals surface area (Å²) in [6.45, 7) is 5.01. The highest BCUT2D eigenvalue weighted by Gasteiger charge is 2.41. The molecule has 2 aliphatic rings. The molecule has 2 unspecified atom stereocenters. The molecule has 0 aromatic heterocycles. The van der Waals surface area contributed by atoms with Crippen molar-refractivity contribution in [3.8, 4) is 0 Å². The maximum Gasteiger partial charge on any atom is 0.0820 e. The van der Waals surface area contributed by atoms with E-state index in [4.69, 9.17) is 4.74 Å². The van der Waals surface area contributed by atoms with Gasteiger partial charge in [-0.05, 0) is 62.5 Å². The molecule has 2 fully saturated rings. The van der Waals surface area contributed by atoms with Crippen LogP contribution in [0.3, 0.4) is 0 Å². The van der Waals surface area contributed by atoms with Crippen molar-refractivity contribution >= 4 is 11.8 Å². The molecule has 0 aliphatic carbocycles. The zero-order chi connectivity index (χ0) is 14.9. The highest BCUT2D eigenvalue weighted by molar-refractivity contribution is 7.99. The zero-order valence-electron chi connectivity index (χ0n) is 13.1. The number of aliphatic hydroxyl groups is 1. The number of aliphatic hydroxyl groups excluding tert-OH is 1. The number of thioether (sulfide) groups is 1. The minimum Gasteiger partial charge on any atom is -0.388 e. The van der Waals surface area contributed by atoms with E-state index in [-0.39, 0.29) is 11.7 Å². The van der Waals surface area contributed by atoms with Gasteiger partial charge in [-0.15, -0.1) is 0 Å². The molecule has 116 valence electrons. The number of hydrogen-bond donors (Lipinski definition) is 1. The monoisotopic (exact) mass is 306 g/mol. The van der Waals surface area contributed by atoms with Crippen molar-refractivity contribution in [3.63, 3.8) is 0 Å². The second-order valence-electron chi connectivity index (χ2n) is 6.76. The standard InChI is InChI=1S/C18H26O2S/c1-13-9-14(2)11-16(10-13)17(19)15-3-6-20-18(12-15)4-7-21-8-5-18/h9-11,15,17,19H,3-8,12H2,1-2H3. The van der Waals surface area contributed by atoms with Crippen LogP contribution < -0.4 is 0 Å². The van der Waals surface area contributed by atoms with Crippen molar-refractivity contribution in [2.75, 3.05) is 18.1 Å².